The summed E-state index contributed by atoms with van der Waals surface area (Å²) in [6, 6.07) is 10.4. The van der Waals surface area contributed by atoms with Gasteiger partial charge in [0.15, 0.2) is 0 Å². The van der Waals surface area contributed by atoms with E-state index in [1.807, 2.05) is 18.5 Å². The molecule has 0 radical (unpaired) electrons. The van der Waals surface area contributed by atoms with Crippen LogP contribution in [-0.2, 0) is 6.67 Å². The molecule has 7 nitrogen and oxygen atoms in total. The zero-order valence-corrected chi connectivity index (χ0v) is 16.4. The summed E-state index contributed by atoms with van der Waals surface area (Å²) in [5.41, 5.74) is 4.58. The summed E-state index contributed by atoms with van der Waals surface area (Å²) < 4.78 is 4.17. The zero-order valence-electron chi connectivity index (χ0n) is 15.6. The first-order valence-corrected chi connectivity index (χ1v) is 9.50. The van der Waals surface area contributed by atoms with Crippen LogP contribution in [0.3, 0.4) is 0 Å². The average molecular weight is 382 g/mol. The van der Waals surface area contributed by atoms with Gasteiger partial charge in [0.05, 0.1) is 12.4 Å². The molecule has 0 amide bonds. The fourth-order valence-corrected chi connectivity index (χ4v) is 3.68. The van der Waals surface area contributed by atoms with Crippen LogP contribution in [-0.4, -0.2) is 55.9 Å². The fourth-order valence-electron chi connectivity index (χ4n) is 3.45. The van der Waals surface area contributed by atoms with Crippen LogP contribution in [0, 0.1) is 18.6 Å². The normalized spacial score (nSPS) is 15.3. The van der Waals surface area contributed by atoms with E-state index in [2.05, 4.69) is 63.3 Å². The summed E-state index contributed by atoms with van der Waals surface area (Å²) in [5, 5.41) is 8.57. The predicted molar refractivity (Wildman–Crippen MR) is 108 cm³/mol. The summed E-state index contributed by atoms with van der Waals surface area (Å²) in [4.78, 5) is 8.82. The molecule has 140 valence electrons. The standard InChI is InChI=1S/C19H23N7S/c1-15-3-4-18(16(2)13-15)26-19(27)25(21-22-26)14-23-9-11-24(12-10-23)17-5-7-20-8-6-17/h3-8,13H,9-12,14H2,1-2H3. The Morgan fingerprint density at radius 3 is 2.41 bits per heavy atom. The van der Waals surface area contributed by atoms with Gasteiger partial charge in [-0.05, 0) is 60.3 Å². The maximum absolute atomic E-state index is 5.62. The first-order chi connectivity index (χ1) is 13.1. The number of hydrogen-bond donors (Lipinski definition) is 0. The van der Waals surface area contributed by atoms with Crippen LogP contribution in [0.15, 0.2) is 42.7 Å². The summed E-state index contributed by atoms with van der Waals surface area (Å²) in [6.45, 7) is 8.68. The minimum absolute atomic E-state index is 0.624. The van der Waals surface area contributed by atoms with Gasteiger partial charge < -0.3 is 4.90 Å². The van der Waals surface area contributed by atoms with Crippen molar-refractivity contribution in [3.63, 3.8) is 0 Å². The van der Waals surface area contributed by atoms with Crippen molar-refractivity contribution in [2.75, 3.05) is 31.1 Å². The van der Waals surface area contributed by atoms with Gasteiger partial charge in [-0.1, -0.05) is 17.7 Å². The molecule has 0 bridgehead atoms. The van der Waals surface area contributed by atoms with Gasteiger partial charge in [-0.2, -0.15) is 4.68 Å². The highest BCUT2D eigenvalue weighted by Crippen LogP contribution is 2.17. The molecule has 27 heavy (non-hydrogen) atoms. The molecule has 2 aromatic heterocycles. The first kappa shape index (κ1) is 17.8. The van der Waals surface area contributed by atoms with Gasteiger partial charge in [0.2, 0.25) is 4.77 Å². The fraction of sp³-hybridized carbons (Fsp3) is 0.368. The van der Waals surface area contributed by atoms with E-state index < -0.39 is 0 Å². The summed E-state index contributed by atoms with van der Waals surface area (Å²) in [6.07, 6.45) is 3.68. The molecular formula is C19H23N7S. The van der Waals surface area contributed by atoms with Crippen LogP contribution in [0.1, 0.15) is 11.1 Å². The average Bonchev–Trinajstić information content (AvgIpc) is 3.03. The monoisotopic (exact) mass is 381 g/mol. The molecule has 0 aliphatic carbocycles. The molecule has 0 atom stereocenters. The van der Waals surface area contributed by atoms with Crippen molar-refractivity contribution in [1.29, 1.82) is 0 Å². The predicted octanol–water partition coefficient (Wildman–Crippen LogP) is 2.59. The van der Waals surface area contributed by atoms with Gasteiger partial charge in [0, 0.05) is 44.3 Å². The summed E-state index contributed by atoms with van der Waals surface area (Å²) in [5.74, 6) is 0. The summed E-state index contributed by atoms with van der Waals surface area (Å²) in [7, 11) is 0. The lowest BCUT2D eigenvalue weighted by molar-refractivity contribution is 0.193. The van der Waals surface area contributed by atoms with Gasteiger partial charge in [-0.25, -0.2) is 4.68 Å². The second-order valence-corrected chi connectivity index (χ2v) is 7.28. The Morgan fingerprint density at radius 1 is 0.963 bits per heavy atom. The Morgan fingerprint density at radius 2 is 1.70 bits per heavy atom. The maximum atomic E-state index is 5.62. The quantitative estimate of drug-likeness (QED) is 0.648. The molecule has 3 aromatic rings. The molecule has 1 aliphatic heterocycles. The number of benzene rings is 1. The molecule has 1 fully saturated rings. The number of piperazine rings is 1. The van der Waals surface area contributed by atoms with Crippen molar-refractivity contribution >= 4 is 17.9 Å². The SMILES string of the molecule is Cc1ccc(-n2nnn(CN3CCN(c4ccncc4)CC3)c2=S)c(C)c1. The topological polar surface area (TPSA) is 55.0 Å². The van der Waals surface area contributed by atoms with Crippen LogP contribution in [0.25, 0.3) is 5.69 Å². The molecule has 4 rings (SSSR count). The van der Waals surface area contributed by atoms with Gasteiger partial charge in [0.25, 0.3) is 0 Å². The van der Waals surface area contributed by atoms with E-state index >= 15 is 0 Å². The number of anilines is 1. The lowest BCUT2D eigenvalue weighted by Gasteiger charge is -2.35. The minimum atomic E-state index is 0.624. The van der Waals surface area contributed by atoms with E-state index in [0.717, 1.165) is 37.4 Å². The van der Waals surface area contributed by atoms with Crippen molar-refractivity contribution < 1.29 is 0 Å². The third kappa shape index (κ3) is 3.77. The minimum Gasteiger partial charge on any atom is -0.369 e. The molecule has 1 aliphatic rings. The smallest absolute Gasteiger partial charge is 0.221 e. The third-order valence-electron chi connectivity index (χ3n) is 4.95. The van der Waals surface area contributed by atoms with E-state index in [1.54, 1.807) is 9.36 Å². The highest BCUT2D eigenvalue weighted by molar-refractivity contribution is 7.71. The number of tetrazole rings is 1. The van der Waals surface area contributed by atoms with Crippen LogP contribution in [0.4, 0.5) is 5.69 Å². The van der Waals surface area contributed by atoms with E-state index in [1.165, 1.54) is 11.3 Å². The number of rotatable bonds is 4. The lowest BCUT2D eigenvalue weighted by atomic mass is 10.1. The van der Waals surface area contributed by atoms with Crippen LogP contribution >= 0.6 is 12.2 Å². The van der Waals surface area contributed by atoms with E-state index in [0.29, 0.717) is 11.4 Å². The summed E-state index contributed by atoms with van der Waals surface area (Å²) >= 11 is 5.62. The second-order valence-electron chi connectivity index (χ2n) is 6.91. The number of hydrogen-bond acceptors (Lipinski definition) is 6. The number of aromatic nitrogens is 5. The Labute approximate surface area is 163 Å². The van der Waals surface area contributed by atoms with Crippen LogP contribution in [0.2, 0.25) is 0 Å². The zero-order chi connectivity index (χ0) is 18.8. The highest BCUT2D eigenvalue weighted by Gasteiger charge is 2.18. The van der Waals surface area contributed by atoms with E-state index in [-0.39, 0.29) is 0 Å². The molecule has 0 unspecified atom stereocenters. The van der Waals surface area contributed by atoms with Crippen molar-refractivity contribution in [2.45, 2.75) is 20.5 Å². The maximum Gasteiger partial charge on any atom is 0.221 e. The Balaban J connectivity index is 1.44. The van der Waals surface area contributed by atoms with Crippen LogP contribution in [0.5, 0.6) is 0 Å². The number of nitrogens with zero attached hydrogens (tertiary/aromatic N) is 7. The van der Waals surface area contributed by atoms with E-state index in [4.69, 9.17) is 12.2 Å². The molecule has 1 aromatic carbocycles. The molecule has 1 saturated heterocycles. The Kier molecular flexibility index (Phi) is 5.00. The third-order valence-corrected chi connectivity index (χ3v) is 5.34. The van der Waals surface area contributed by atoms with Gasteiger partial charge in [0.1, 0.15) is 0 Å². The molecule has 0 saturated carbocycles. The molecule has 8 heteroatoms. The molecule has 3 heterocycles. The van der Waals surface area contributed by atoms with Gasteiger partial charge in [-0.15, -0.1) is 0 Å². The highest BCUT2D eigenvalue weighted by atomic mass is 32.1. The second kappa shape index (κ2) is 7.58. The number of pyridine rings is 1. The van der Waals surface area contributed by atoms with Crippen LogP contribution < -0.4 is 4.90 Å². The largest absolute Gasteiger partial charge is 0.369 e. The first-order valence-electron chi connectivity index (χ1n) is 9.09. The van der Waals surface area contributed by atoms with Crippen molar-refractivity contribution in [2.24, 2.45) is 0 Å². The molecule has 0 spiro atoms. The molecule has 0 N–H and O–H groups in total. The Hall–Kier alpha value is -2.58. The molecular weight excluding hydrogens is 358 g/mol. The van der Waals surface area contributed by atoms with Crippen molar-refractivity contribution in [3.05, 3.63) is 58.6 Å². The Bertz CT molecular complexity index is 971. The van der Waals surface area contributed by atoms with Gasteiger partial charge in [-0.3, -0.25) is 9.88 Å². The van der Waals surface area contributed by atoms with Crippen molar-refractivity contribution in [3.8, 4) is 5.69 Å². The van der Waals surface area contributed by atoms with E-state index in [9.17, 15) is 0 Å². The lowest BCUT2D eigenvalue weighted by Crippen LogP contribution is -2.47. The number of aryl methyl sites for hydroxylation is 2. The van der Waals surface area contributed by atoms with Gasteiger partial charge >= 0.3 is 0 Å². The van der Waals surface area contributed by atoms with Crippen molar-refractivity contribution in [1.82, 2.24) is 29.7 Å².